The Balaban J connectivity index is 0.000000455. The number of fused-ring (bicyclic) bond motifs is 2. The molecule has 4 heterocycles. The number of ether oxygens (including phenoxy) is 1. The van der Waals surface area contributed by atoms with E-state index in [9.17, 15) is 0 Å². The van der Waals surface area contributed by atoms with Crippen LogP contribution in [0, 0.1) is 5.92 Å². The molecule has 0 unspecified atom stereocenters. The summed E-state index contributed by atoms with van der Waals surface area (Å²) in [4.78, 5) is 17.4. The van der Waals surface area contributed by atoms with Crippen molar-refractivity contribution in [1.82, 2.24) is 18.9 Å². The van der Waals surface area contributed by atoms with Crippen molar-refractivity contribution < 1.29 is 14.6 Å². The minimum Gasteiger partial charge on any atom is -0.483 e. The lowest BCUT2D eigenvalue weighted by Crippen LogP contribution is -2.39. The summed E-state index contributed by atoms with van der Waals surface area (Å²) in [6.45, 7) is 0.658. The van der Waals surface area contributed by atoms with Gasteiger partial charge in [-0.05, 0) is 25.0 Å². The molecule has 1 N–H and O–H groups in total. The zero-order chi connectivity index (χ0) is 16.5. The molecule has 0 amide bonds. The molecule has 5 rings (SSSR count). The van der Waals surface area contributed by atoms with Crippen molar-refractivity contribution in [3.05, 3.63) is 43.0 Å². The molecule has 24 heavy (non-hydrogen) atoms. The van der Waals surface area contributed by atoms with Crippen LogP contribution in [-0.4, -0.2) is 43.2 Å². The smallest absolute Gasteiger partial charge is 0.290 e. The van der Waals surface area contributed by atoms with Crippen LogP contribution in [0.3, 0.4) is 0 Å². The average molecular weight is 326 g/mol. The molecular weight excluding hydrogens is 308 g/mol. The molecule has 2 fully saturated rings. The zero-order valence-electron chi connectivity index (χ0n) is 13.0. The molecule has 1 saturated heterocycles. The fourth-order valence-electron chi connectivity index (χ4n) is 3.76. The Hall–Kier alpha value is -2.67. The fourth-order valence-corrected chi connectivity index (χ4v) is 3.76. The van der Waals surface area contributed by atoms with E-state index in [0.717, 1.165) is 30.2 Å². The first-order valence-electron chi connectivity index (χ1n) is 7.98. The number of nitrogens with zero attached hydrogens (tertiary/aromatic N) is 4. The maximum atomic E-state index is 8.36. The number of carboxylic acid groups (broad SMARTS) is 1. The average Bonchev–Trinajstić information content (AvgIpc) is 3.27. The van der Waals surface area contributed by atoms with E-state index < -0.39 is 0 Å². The molecule has 7 nitrogen and oxygen atoms in total. The van der Waals surface area contributed by atoms with Gasteiger partial charge in [-0.3, -0.25) is 9.20 Å². The van der Waals surface area contributed by atoms with E-state index in [-0.39, 0.29) is 6.47 Å². The summed E-state index contributed by atoms with van der Waals surface area (Å²) in [5.74, 6) is 1.65. The lowest BCUT2D eigenvalue weighted by Gasteiger charge is -2.40. The van der Waals surface area contributed by atoms with Crippen LogP contribution in [0.5, 0.6) is 0 Å². The van der Waals surface area contributed by atoms with Gasteiger partial charge in [0.25, 0.3) is 6.47 Å². The third-order valence-corrected chi connectivity index (χ3v) is 4.90. The largest absolute Gasteiger partial charge is 0.483 e. The van der Waals surface area contributed by atoms with Crippen LogP contribution in [0.1, 0.15) is 18.9 Å². The Bertz CT molecular complexity index is 856. The molecule has 7 heteroatoms. The monoisotopic (exact) mass is 326 g/mol. The Kier molecular flexibility index (Phi) is 3.78. The predicted molar refractivity (Wildman–Crippen MR) is 86.6 cm³/mol. The van der Waals surface area contributed by atoms with Crippen LogP contribution in [0.15, 0.2) is 43.0 Å². The molecule has 0 radical (unpaired) electrons. The Morgan fingerprint density at radius 2 is 2.17 bits per heavy atom. The van der Waals surface area contributed by atoms with Crippen LogP contribution in [-0.2, 0) is 9.53 Å². The Morgan fingerprint density at radius 3 is 3.00 bits per heavy atom. The van der Waals surface area contributed by atoms with Gasteiger partial charge in [-0.25, -0.2) is 9.97 Å². The van der Waals surface area contributed by atoms with Crippen molar-refractivity contribution in [1.29, 1.82) is 0 Å². The Morgan fingerprint density at radius 1 is 1.29 bits per heavy atom. The number of imidazole rings is 2. The van der Waals surface area contributed by atoms with Crippen molar-refractivity contribution in [2.75, 3.05) is 6.61 Å². The summed E-state index contributed by atoms with van der Waals surface area (Å²) in [6.07, 6.45) is 10.7. The molecular formula is C17H18N4O3. The number of hydrogen-bond acceptors (Lipinski definition) is 4. The number of carbonyl (C=O) groups is 1. The minimum absolute atomic E-state index is 0.250. The second kappa shape index (κ2) is 6.09. The normalized spacial score (nSPS) is 24.8. The number of pyridine rings is 1. The van der Waals surface area contributed by atoms with E-state index in [1.54, 1.807) is 0 Å². The molecule has 3 aromatic rings. The molecule has 0 bridgehead atoms. The second-order valence-corrected chi connectivity index (χ2v) is 6.00. The van der Waals surface area contributed by atoms with Crippen LogP contribution in [0.2, 0.25) is 0 Å². The van der Waals surface area contributed by atoms with Crippen molar-refractivity contribution in [2.45, 2.75) is 25.0 Å². The second-order valence-electron chi connectivity index (χ2n) is 6.00. The highest BCUT2D eigenvalue weighted by molar-refractivity contribution is 5.57. The summed E-state index contributed by atoms with van der Waals surface area (Å²) in [5, 5.41) is 6.89. The fraction of sp³-hybridized carbons (Fsp3) is 0.353. The molecule has 1 saturated carbocycles. The van der Waals surface area contributed by atoms with Crippen molar-refractivity contribution in [3.8, 4) is 11.5 Å². The van der Waals surface area contributed by atoms with E-state index in [0.29, 0.717) is 18.1 Å². The van der Waals surface area contributed by atoms with E-state index in [1.165, 1.54) is 6.42 Å². The summed E-state index contributed by atoms with van der Waals surface area (Å²) in [7, 11) is 0. The summed E-state index contributed by atoms with van der Waals surface area (Å²) in [5.41, 5.74) is 2.01. The third kappa shape index (κ3) is 2.28. The molecule has 3 atom stereocenters. The van der Waals surface area contributed by atoms with Crippen molar-refractivity contribution in [3.63, 3.8) is 0 Å². The van der Waals surface area contributed by atoms with Gasteiger partial charge in [0, 0.05) is 37.2 Å². The lowest BCUT2D eigenvalue weighted by atomic mass is 9.76. The van der Waals surface area contributed by atoms with E-state index in [2.05, 4.69) is 25.1 Å². The molecule has 0 aromatic carbocycles. The van der Waals surface area contributed by atoms with Gasteiger partial charge in [0.1, 0.15) is 11.3 Å². The van der Waals surface area contributed by atoms with Gasteiger partial charge in [0.05, 0.1) is 12.3 Å². The van der Waals surface area contributed by atoms with E-state index >= 15 is 0 Å². The predicted octanol–water partition coefficient (Wildman–Crippen LogP) is 2.25. The van der Waals surface area contributed by atoms with Gasteiger partial charge < -0.3 is 14.4 Å². The van der Waals surface area contributed by atoms with Crippen molar-refractivity contribution in [2.24, 2.45) is 5.92 Å². The first kappa shape index (κ1) is 14.9. The maximum Gasteiger partial charge on any atom is 0.290 e. The van der Waals surface area contributed by atoms with Crippen LogP contribution < -0.4 is 0 Å². The highest BCUT2D eigenvalue weighted by atomic mass is 16.5. The third-order valence-electron chi connectivity index (χ3n) is 4.90. The summed E-state index contributed by atoms with van der Waals surface area (Å²) < 4.78 is 10.1. The number of hydrogen-bond donors (Lipinski definition) is 1. The molecule has 0 spiro atoms. The first-order chi connectivity index (χ1) is 11.8. The van der Waals surface area contributed by atoms with Crippen LogP contribution in [0.25, 0.3) is 17.2 Å². The molecule has 124 valence electrons. The molecule has 3 aromatic heterocycles. The minimum atomic E-state index is -0.250. The first-order valence-corrected chi connectivity index (χ1v) is 7.98. The lowest BCUT2D eigenvalue weighted by molar-refractivity contribution is -0.122. The molecule has 1 aliphatic carbocycles. The Labute approximate surface area is 138 Å². The van der Waals surface area contributed by atoms with Gasteiger partial charge in [-0.15, -0.1) is 0 Å². The quantitative estimate of drug-likeness (QED) is 0.731. The highest BCUT2D eigenvalue weighted by Crippen LogP contribution is 2.47. The highest BCUT2D eigenvalue weighted by Gasteiger charge is 2.46. The topological polar surface area (TPSA) is 81.6 Å². The summed E-state index contributed by atoms with van der Waals surface area (Å²) in [6, 6.07) is 6.56. The maximum absolute atomic E-state index is 8.36. The SMILES string of the molecule is O=CO.c1ccn2c(-c3nccn3[C@@H]3C[C@H]4OCC[C@@H]34)cnc2c1. The number of aromatic nitrogens is 4. The van der Waals surface area contributed by atoms with Gasteiger partial charge in [-0.2, -0.15) is 0 Å². The van der Waals surface area contributed by atoms with E-state index in [4.69, 9.17) is 14.6 Å². The molecule has 1 aliphatic heterocycles. The van der Waals surface area contributed by atoms with Gasteiger partial charge in [-0.1, -0.05) is 6.07 Å². The van der Waals surface area contributed by atoms with Gasteiger partial charge >= 0.3 is 0 Å². The molecule has 2 aliphatic rings. The zero-order valence-corrected chi connectivity index (χ0v) is 13.0. The van der Waals surface area contributed by atoms with Gasteiger partial charge in [0.2, 0.25) is 0 Å². The van der Waals surface area contributed by atoms with E-state index in [1.807, 2.05) is 36.8 Å². The van der Waals surface area contributed by atoms with Gasteiger partial charge in [0.15, 0.2) is 5.82 Å². The van der Waals surface area contributed by atoms with Crippen LogP contribution >= 0.6 is 0 Å². The van der Waals surface area contributed by atoms with Crippen LogP contribution in [0.4, 0.5) is 0 Å². The summed E-state index contributed by atoms with van der Waals surface area (Å²) >= 11 is 0. The standard InChI is InChI=1S/C16H16N4O.CH2O2/c1-2-6-19-13(10-18-15(19)3-1)16-17-5-7-20(16)12-9-14-11(12)4-8-21-14;2-1-3/h1-3,5-7,10-12,14H,4,8-9H2;1H,(H,2,3)/t11-,12+,14+;/m0./s1. The number of rotatable bonds is 2. The van der Waals surface area contributed by atoms with Crippen molar-refractivity contribution >= 4 is 12.1 Å².